The zero-order valence-electron chi connectivity index (χ0n) is 20.7. The van der Waals surface area contributed by atoms with Crippen molar-refractivity contribution in [1.29, 1.82) is 0 Å². The number of nitrogens with zero attached hydrogens (tertiary/aromatic N) is 1. The van der Waals surface area contributed by atoms with Gasteiger partial charge in [0.25, 0.3) is 0 Å². The van der Waals surface area contributed by atoms with Gasteiger partial charge in [0.2, 0.25) is 0 Å². The van der Waals surface area contributed by atoms with Gasteiger partial charge in [0.05, 0.1) is 24.3 Å². The number of halogens is 6. The molecule has 0 radical (unpaired) electrons. The summed E-state index contributed by atoms with van der Waals surface area (Å²) < 4.78 is 87.2. The Kier molecular flexibility index (Phi) is 8.89. The lowest BCUT2D eigenvalue weighted by Crippen LogP contribution is -2.52. The van der Waals surface area contributed by atoms with Gasteiger partial charge < -0.3 is 9.84 Å². The van der Waals surface area contributed by atoms with E-state index in [0.717, 1.165) is 0 Å². The first-order valence-corrected chi connectivity index (χ1v) is 11.8. The molecule has 10 heteroatoms. The van der Waals surface area contributed by atoms with E-state index >= 15 is 0 Å². The maximum Gasteiger partial charge on any atom is 0.416 e. The second-order valence-corrected chi connectivity index (χ2v) is 8.80. The van der Waals surface area contributed by atoms with Crippen molar-refractivity contribution in [3.8, 4) is 0 Å². The topological polar surface area (TPSA) is 49.8 Å². The van der Waals surface area contributed by atoms with Gasteiger partial charge >= 0.3 is 18.3 Å². The Bertz CT molecular complexity index is 1140. The fourth-order valence-electron chi connectivity index (χ4n) is 4.56. The molecule has 1 N–H and O–H groups in total. The van der Waals surface area contributed by atoms with Crippen molar-refractivity contribution in [2.75, 3.05) is 13.1 Å². The van der Waals surface area contributed by atoms with Crippen LogP contribution < -0.4 is 0 Å². The average molecular weight is 540 g/mol. The summed E-state index contributed by atoms with van der Waals surface area (Å²) in [6, 6.07) is 18.0. The third-order valence-electron chi connectivity index (χ3n) is 6.40. The van der Waals surface area contributed by atoms with E-state index in [1.165, 1.54) is 0 Å². The molecule has 0 aliphatic carbocycles. The minimum absolute atomic E-state index is 0.0689. The number of aliphatic carboxylic acids is 1. The number of alkyl halides is 6. The van der Waals surface area contributed by atoms with E-state index in [4.69, 9.17) is 4.74 Å². The Balaban J connectivity index is 2.20. The summed E-state index contributed by atoms with van der Waals surface area (Å²) in [5, 5.41) is 9.50. The van der Waals surface area contributed by atoms with E-state index in [2.05, 4.69) is 0 Å². The fourth-order valence-corrected chi connectivity index (χ4v) is 4.56. The van der Waals surface area contributed by atoms with Gasteiger partial charge in [0.15, 0.2) is 0 Å². The van der Waals surface area contributed by atoms with Crippen LogP contribution in [0.1, 0.15) is 41.7 Å². The molecule has 0 saturated heterocycles. The Morgan fingerprint density at radius 1 is 0.816 bits per heavy atom. The highest BCUT2D eigenvalue weighted by atomic mass is 19.4. The number of likely N-dealkylation sites (N-methyl/N-ethyl adjacent to an activating group) is 1. The smallest absolute Gasteiger partial charge is 0.416 e. The van der Waals surface area contributed by atoms with Crippen molar-refractivity contribution in [3.05, 3.63) is 107 Å². The maximum atomic E-state index is 13.5. The highest BCUT2D eigenvalue weighted by molar-refractivity contribution is 5.69. The van der Waals surface area contributed by atoms with E-state index in [1.54, 1.807) is 79.4 Å². The maximum absolute atomic E-state index is 13.5. The number of hydrogen-bond donors (Lipinski definition) is 1. The second-order valence-electron chi connectivity index (χ2n) is 8.80. The Morgan fingerprint density at radius 2 is 1.26 bits per heavy atom. The van der Waals surface area contributed by atoms with E-state index in [1.807, 2.05) is 0 Å². The molecule has 0 aromatic heterocycles. The van der Waals surface area contributed by atoms with Gasteiger partial charge in [-0.15, -0.1) is 0 Å². The molecular weight excluding hydrogens is 512 g/mol. The molecule has 0 heterocycles. The van der Waals surface area contributed by atoms with Crippen LogP contribution in [0.3, 0.4) is 0 Å². The highest BCUT2D eigenvalue weighted by Crippen LogP contribution is 2.41. The molecule has 0 amide bonds. The van der Waals surface area contributed by atoms with Crippen molar-refractivity contribution in [3.63, 3.8) is 0 Å². The van der Waals surface area contributed by atoms with Gasteiger partial charge in [0, 0.05) is 6.04 Å². The minimum Gasteiger partial charge on any atom is -0.480 e. The van der Waals surface area contributed by atoms with Crippen LogP contribution in [0.2, 0.25) is 0 Å². The van der Waals surface area contributed by atoms with Gasteiger partial charge in [-0.3, -0.25) is 9.69 Å². The predicted molar refractivity (Wildman–Crippen MR) is 129 cm³/mol. The van der Waals surface area contributed by atoms with Gasteiger partial charge in [-0.05, 0) is 48.4 Å². The number of hydrogen-bond acceptors (Lipinski definition) is 3. The Labute approximate surface area is 216 Å². The van der Waals surface area contributed by atoms with Crippen LogP contribution in [-0.4, -0.2) is 35.1 Å². The number of carbonyl (C=O) groups is 1. The minimum atomic E-state index is -5.00. The summed E-state index contributed by atoms with van der Waals surface area (Å²) in [5.74, 6) is -1.10. The SMILES string of the molecule is CCN(CC(=O)O)C(C)C(OCc1cc(C(F)(F)F)cc(C(F)(F)F)c1)(c1ccccc1)c1ccccc1. The molecule has 0 spiro atoms. The normalized spacial score (nSPS) is 13.5. The molecular formula is C28H27F6NO3. The summed E-state index contributed by atoms with van der Waals surface area (Å²) in [7, 11) is 0. The standard InChI is InChI=1S/C28H27F6NO3/c1-3-35(17-25(36)37)19(2)26(21-10-6-4-7-11-21,22-12-8-5-9-13-22)38-18-20-14-23(27(29,30)31)16-24(15-20)28(32,33)34/h4-16,19H,3,17-18H2,1-2H3,(H,36,37). The molecule has 0 saturated carbocycles. The zero-order chi connectivity index (χ0) is 28.1. The van der Waals surface area contributed by atoms with Crippen LogP contribution in [0.15, 0.2) is 78.9 Å². The van der Waals surface area contributed by atoms with Gasteiger partial charge in [-0.25, -0.2) is 0 Å². The summed E-state index contributed by atoms with van der Waals surface area (Å²) in [6.07, 6.45) is -10.0. The van der Waals surface area contributed by atoms with Crippen LogP contribution in [0.4, 0.5) is 26.3 Å². The summed E-state index contributed by atoms with van der Waals surface area (Å²) in [6.45, 7) is 2.80. The first-order chi connectivity index (χ1) is 17.8. The summed E-state index contributed by atoms with van der Waals surface area (Å²) >= 11 is 0. The molecule has 1 unspecified atom stereocenters. The molecule has 3 aromatic rings. The summed E-state index contributed by atoms with van der Waals surface area (Å²) in [5.41, 5.74) is -3.52. The quantitative estimate of drug-likeness (QED) is 0.283. The van der Waals surface area contributed by atoms with Crippen LogP contribution >= 0.6 is 0 Å². The number of rotatable bonds is 10. The van der Waals surface area contributed by atoms with Crippen LogP contribution in [0, 0.1) is 0 Å². The molecule has 3 aromatic carbocycles. The van der Waals surface area contributed by atoms with E-state index < -0.39 is 47.7 Å². The second kappa shape index (κ2) is 11.6. The lowest BCUT2D eigenvalue weighted by Gasteiger charge is -2.44. The molecule has 1 atom stereocenters. The van der Waals surface area contributed by atoms with E-state index in [9.17, 15) is 36.2 Å². The fraction of sp³-hybridized carbons (Fsp3) is 0.321. The van der Waals surface area contributed by atoms with Crippen molar-refractivity contribution < 1.29 is 41.0 Å². The van der Waals surface area contributed by atoms with Crippen molar-refractivity contribution >= 4 is 5.97 Å². The monoisotopic (exact) mass is 539 g/mol. The Hall–Kier alpha value is -3.37. The van der Waals surface area contributed by atoms with Crippen LogP contribution in [0.25, 0.3) is 0 Å². The zero-order valence-corrected chi connectivity index (χ0v) is 20.7. The first-order valence-electron chi connectivity index (χ1n) is 11.8. The molecule has 0 aliphatic rings. The highest BCUT2D eigenvalue weighted by Gasteiger charge is 2.44. The first kappa shape index (κ1) is 29.2. The van der Waals surface area contributed by atoms with Crippen LogP contribution in [0.5, 0.6) is 0 Å². The van der Waals surface area contributed by atoms with Crippen LogP contribution in [-0.2, 0) is 34.1 Å². The average Bonchev–Trinajstić information content (AvgIpc) is 2.87. The molecule has 0 aliphatic heterocycles. The van der Waals surface area contributed by atoms with E-state index in [-0.39, 0.29) is 18.2 Å². The van der Waals surface area contributed by atoms with Crippen molar-refractivity contribution in [2.45, 2.75) is 44.4 Å². The van der Waals surface area contributed by atoms with Gasteiger partial charge in [-0.1, -0.05) is 67.6 Å². The number of carboxylic acids is 1. The third kappa shape index (κ3) is 6.54. The van der Waals surface area contributed by atoms with Gasteiger partial charge in [-0.2, -0.15) is 26.3 Å². The van der Waals surface area contributed by atoms with Crippen molar-refractivity contribution in [2.24, 2.45) is 0 Å². The largest absolute Gasteiger partial charge is 0.480 e. The predicted octanol–water partition coefficient (Wildman–Crippen LogP) is 6.98. The van der Waals surface area contributed by atoms with E-state index in [0.29, 0.717) is 29.8 Å². The molecule has 0 bridgehead atoms. The summed E-state index contributed by atoms with van der Waals surface area (Å²) in [4.78, 5) is 13.2. The van der Waals surface area contributed by atoms with Gasteiger partial charge in [0.1, 0.15) is 5.60 Å². The lowest BCUT2D eigenvalue weighted by molar-refractivity contribution is -0.143. The molecule has 0 fully saturated rings. The molecule has 4 nitrogen and oxygen atoms in total. The Morgan fingerprint density at radius 3 is 1.63 bits per heavy atom. The lowest BCUT2D eigenvalue weighted by atomic mass is 9.79. The molecule has 3 rings (SSSR count). The third-order valence-corrected chi connectivity index (χ3v) is 6.40. The van der Waals surface area contributed by atoms with Crippen molar-refractivity contribution in [1.82, 2.24) is 4.90 Å². The molecule has 204 valence electrons. The molecule has 38 heavy (non-hydrogen) atoms. The number of benzene rings is 3. The number of ether oxygens (including phenoxy) is 1. The number of carboxylic acid groups (broad SMARTS) is 1.